The van der Waals surface area contributed by atoms with E-state index in [4.69, 9.17) is 0 Å². The van der Waals surface area contributed by atoms with Crippen LogP contribution in [0.3, 0.4) is 0 Å². The van der Waals surface area contributed by atoms with Crippen molar-refractivity contribution in [3.05, 3.63) is 33.9 Å². The van der Waals surface area contributed by atoms with Gasteiger partial charge >= 0.3 is 0 Å². The Hall–Kier alpha value is -2.11. The van der Waals surface area contributed by atoms with Crippen LogP contribution in [-0.4, -0.2) is 35.9 Å². The maximum atomic E-state index is 12.4. The molecule has 0 bridgehead atoms. The third-order valence-electron chi connectivity index (χ3n) is 3.78. The minimum atomic E-state index is -0.456. The number of likely N-dealkylation sites (tertiary alicyclic amines) is 1. The average Bonchev–Trinajstić information content (AvgIpc) is 2.46. The predicted octanol–water partition coefficient (Wildman–Crippen LogP) is 2.51. The molecule has 0 aromatic heterocycles. The van der Waals surface area contributed by atoms with E-state index < -0.39 is 4.92 Å². The van der Waals surface area contributed by atoms with Crippen LogP contribution in [0.1, 0.15) is 30.1 Å². The molecule has 2 rings (SSSR count). The molecule has 1 heterocycles. The van der Waals surface area contributed by atoms with Crippen LogP contribution in [0.15, 0.2) is 18.2 Å². The van der Waals surface area contributed by atoms with Crippen molar-refractivity contribution in [1.82, 2.24) is 4.90 Å². The summed E-state index contributed by atoms with van der Waals surface area (Å²) >= 11 is 0. The highest BCUT2D eigenvalue weighted by atomic mass is 16.6. The summed E-state index contributed by atoms with van der Waals surface area (Å²) in [6, 6.07) is 4.46. The highest BCUT2D eigenvalue weighted by molar-refractivity contribution is 5.96. The molecule has 1 aliphatic heterocycles. The number of carbonyl (C=O) groups excluding carboxylic acids is 1. The van der Waals surface area contributed by atoms with E-state index in [9.17, 15) is 14.9 Å². The van der Waals surface area contributed by atoms with Gasteiger partial charge in [-0.05, 0) is 30.9 Å². The first kappa shape index (κ1) is 14.3. The first-order valence-corrected chi connectivity index (χ1v) is 6.78. The molecule has 0 aliphatic carbocycles. The number of piperidine rings is 1. The Kier molecular flexibility index (Phi) is 4.22. The lowest BCUT2D eigenvalue weighted by molar-refractivity contribution is -0.383. The third kappa shape index (κ3) is 2.89. The number of anilines is 1. The fourth-order valence-electron chi connectivity index (χ4n) is 2.42. The smallest absolute Gasteiger partial charge is 0.292 e. The summed E-state index contributed by atoms with van der Waals surface area (Å²) in [7, 11) is 1.61. The molecule has 0 saturated carbocycles. The lowest BCUT2D eigenvalue weighted by Crippen LogP contribution is -2.37. The van der Waals surface area contributed by atoms with Crippen LogP contribution < -0.4 is 5.32 Å². The summed E-state index contributed by atoms with van der Waals surface area (Å²) < 4.78 is 0. The first-order valence-electron chi connectivity index (χ1n) is 6.78. The number of nitrogens with zero attached hydrogens (tertiary/aromatic N) is 2. The van der Waals surface area contributed by atoms with E-state index in [-0.39, 0.29) is 11.6 Å². The van der Waals surface area contributed by atoms with Gasteiger partial charge in [-0.3, -0.25) is 14.9 Å². The Morgan fingerprint density at radius 2 is 2.05 bits per heavy atom. The number of carbonyl (C=O) groups is 1. The minimum Gasteiger partial charge on any atom is -0.383 e. The average molecular weight is 277 g/mol. The molecule has 108 valence electrons. The fourth-order valence-corrected chi connectivity index (χ4v) is 2.42. The number of hydrogen-bond donors (Lipinski definition) is 1. The Morgan fingerprint density at radius 1 is 1.40 bits per heavy atom. The molecule has 0 unspecified atom stereocenters. The van der Waals surface area contributed by atoms with Crippen molar-refractivity contribution >= 4 is 17.3 Å². The zero-order chi connectivity index (χ0) is 14.7. The lowest BCUT2D eigenvalue weighted by Gasteiger charge is -2.30. The van der Waals surface area contributed by atoms with Gasteiger partial charge in [0.1, 0.15) is 5.69 Å². The molecule has 1 saturated heterocycles. The maximum Gasteiger partial charge on any atom is 0.292 e. The molecule has 20 heavy (non-hydrogen) atoms. The SMILES string of the molecule is CNc1cc(C(=O)N2CCC(C)CC2)ccc1[N+](=O)[O-]. The minimum absolute atomic E-state index is 0.0173. The largest absolute Gasteiger partial charge is 0.383 e. The van der Waals surface area contributed by atoms with Crippen LogP contribution in [-0.2, 0) is 0 Å². The monoisotopic (exact) mass is 277 g/mol. The standard InChI is InChI=1S/C14H19N3O3/c1-10-5-7-16(8-6-10)14(18)11-3-4-13(17(19)20)12(9-11)15-2/h3-4,9-10,15H,5-8H2,1-2H3. The molecule has 6 heteroatoms. The van der Waals surface area contributed by atoms with Crippen LogP contribution >= 0.6 is 0 Å². The summed E-state index contributed by atoms with van der Waals surface area (Å²) in [6.45, 7) is 3.70. The van der Waals surface area contributed by atoms with Crippen LogP contribution in [0.25, 0.3) is 0 Å². The number of amides is 1. The van der Waals surface area contributed by atoms with Crippen LogP contribution in [0.2, 0.25) is 0 Å². The molecule has 1 N–H and O–H groups in total. The second kappa shape index (κ2) is 5.90. The molecule has 0 spiro atoms. The number of nitrogens with one attached hydrogen (secondary N) is 1. The molecular weight excluding hydrogens is 258 g/mol. The maximum absolute atomic E-state index is 12.4. The quantitative estimate of drug-likeness (QED) is 0.680. The van der Waals surface area contributed by atoms with Crippen molar-refractivity contribution in [2.24, 2.45) is 5.92 Å². The zero-order valence-corrected chi connectivity index (χ0v) is 11.8. The highest BCUT2D eigenvalue weighted by Gasteiger charge is 2.23. The molecule has 1 amide bonds. The molecule has 1 aromatic carbocycles. The van der Waals surface area contributed by atoms with Crippen LogP contribution in [0.5, 0.6) is 0 Å². The van der Waals surface area contributed by atoms with E-state index in [0.717, 1.165) is 25.9 Å². The van der Waals surface area contributed by atoms with E-state index in [1.165, 1.54) is 12.1 Å². The van der Waals surface area contributed by atoms with Gasteiger partial charge in [-0.15, -0.1) is 0 Å². The van der Waals surface area contributed by atoms with Crippen molar-refractivity contribution in [3.63, 3.8) is 0 Å². The van der Waals surface area contributed by atoms with Crippen LogP contribution in [0, 0.1) is 16.0 Å². The summed E-state index contributed by atoms with van der Waals surface area (Å²) in [5.74, 6) is 0.604. The Balaban J connectivity index is 2.20. The number of rotatable bonds is 3. The van der Waals surface area contributed by atoms with E-state index in [1.807, 2.05) is 4.90 Å². The predicted molar refractivity (Wildman–Crippen MR) is 76.9 cm³/mol. The molecular formula is C14H19N3O3. The van der Waals surface area contributed by atoms with Crippen molar-refractivity contribution in [2.75, 3.05) is 25.5 Å². The number of benzene rings is 1. The van der Waals surface area contributed by atoms with Gasteiger partial charge in [-0.25, -0.2) is 0 Å². The van der Waals surface area contributed by atoms with Gasteiger partial charge < -0.3 is 10.2 Å². The first-order chi connectivity index (χ1) is 9.52. The Bertz CT molecular complexity index is 522. The lowest BCUT2D eigenvalue weighted by atomic mass is 9.98. The summed E-state index contributed by atoms with van der Waals surface area (Å²) in [5, 5.41) is 13.6. The Labute approximate surface area is 117 Å². The highest BCUT2D eigenvalue weighted by Crippen LogP contribution is 2.26. The van der Waals surface area contributed by atoms with Gasteiger partial charge in [0.05, 0.1) is 4.92 Å². The third-order valence-corrected chi connectivity index (χ3v) is 3.78. The molecule has 6 nitrogen and oxygen atoms in total. The van der Waals surface area contributed by atoms with Gasteiger partial charge in [0.2, 0.25) is 0 Å². The Morgan fingerprint density at radius 3 is 2.60 bits per heavy atom. The topological polar surface area (TPSA) is 75.5 Å². The summed E-state index contributed by atoms with van der Waals surface area (Å²) in [6.07, 6.45) is 2.02. The molecule has 1 aliphatic rings. The molecule has 0 radical (unpaired) electrons. The van der Waals surface area contributed by atoms with Crippen LogP contribution in [0.4, 0.5) is 11.4 Å². The van der Waals surface area contributed by atoms with E-state index in [0.29, 0.717) is 17.2 Å². The normalized spacial score (nSPS) is 16.0. The second-order valence-corrected chi connectivity index (χ2v) is 5.21. The van der Waals surface area contributed by atoms with Gasteiger partial charge in [-0.2, -0.15) is 0 Å². The summed E-state index contributed by atoms with van der Waals surface area (Å²) in [4.78, 5) is 24.6. The van der Waals surface area contributed by atoms with E-state index in [2.05, 4.69) is 12.2 Å². The van der Waals surface area contributed by atoms with Gasteiger partial charge in [-0.1, -0.05) is 6.92 Å². The second-order valence-electron chi connectivity index (χ2n) is 5.21. The fraction of sp³-hybridized carbons (Fsp3) is 0.500. The zero-order valence-electron chi connectivity index (χ0n) is 11.8. The number of hydrogen-bond acceptors (Lipinski definition) is 4. The molecule has 1 fully saturated rings. The molecule has 0 atom stereocenters. The number of nitro groups is 1. The van der Waals surface area contributed by atoms with Gasteiger partial charge in [0, 0.05) is 31.8 Å². The van der Waals surface area contributed by atoms with Crippen molar-refractivity contribution < 1.29 is 9.72 Å². The van der Waals surface area contributed by atoms with E-state index in [1.54, 1.807) is 13.1 Å². The van der Waals surface area contributed by atoms with Gasteiger partial charge in [0.25, 0.3) is 11.6 Å². The van der Waals surface area contributed by atoms with Gasteiger partial charge in [0.15, 0.2) is 0 Å². The number of nitro benzene ring substituents is 1. The van der Waals surface area contributed by atoms with Crippen molar-refractivity contribution in [3.8, 4) is 0 Å². The van der Waals surface area contributed by atoms with E-state index >= 15 is 0 Å². The summed E-state index contributed by atoms with van der Waals surface area (Å²) in [5.41, 5.74) is 0.844. The molecule has 1 aromatic rings. The van der Waals surface area contributed by atoms with Crippen molar-refractivity contribution in [1.29, 1.82) is 0 Å². The van der Waals surface area contributed by atoms with Crippen molar-refractivity contribution in [2.45, 2.75) is 19.8 Å².